The first kappa shape index (κ1) is 26.1. The maximum Gasteiger partial charge on any atom is 0.305 e. The highest BCUT2D eigenvalue weighted by molar-refractivity contribution is 6.44. The van der Waals surface area contributed by atoms with E-state index in [-0.39, 0.29) is 23.8 Å². The van der Waals surface area contributed by atoms with Crippen LogP contribution in [0.2, 0.25) is 0 Å². The molecule has 0 heterocycles. The van der Waals surface area contributed by atoms with Gasteiger partial charge in [-0.25, -0.2) is 0 Å². The third-order valence-electron chi connectivity index (χ3n) is 4.95. The molecule has 0 aromatic carbocycles. The van der Waals surface area contributed by atoms with Crippen molar-refractivity contribution in [1.29, 1.82) is 0 Å². The second-order valence-electron chi connectivity index (χ2n) is 7.47. The number of unbranched alkanes of at least 4 members (excludes halogenated alkanes) is 4. The van der Waals surface area contributed by atoms with Crippen molar-refractivity contribution < 1.29 is 29.0 Å². The summed E-state index contributed by atoms with van der Waals surface area (Å²) in [5, 5.41) is 11.1. The van der Waals surface area contributed by atoms with Gasteiger partial charge in [0.05, 0.1) is 18.1 Å². The van der Waals surface area contributed by atoms with E-state index in [1.807, 2.05) is 12.2 Å². The van der Waals surface area contributed by atoms with Gasteiger partial charge in [-0.15, -0.1) is 0 Å². The zero-order valence-electron chi connectivity index (χ0n) is 18.1. The van der Waals surface area contributed by atoms with Crippen molar-refractivity contribution in [1.82, 2.24) is 0 Å². The predicted molar refractivity (Wildman–Crippen MR) is 116 cm³/mol. The Morgan fingerprint density at radius 1 is 1.23 bits per heavy atom. The molecule has 0 aromatic heterocycles. The number of methoxy groups -OCH3 is 1. The Kier molecular flexibility index (Phi) is 11.7. The Morgan fingerprint density at radius 3 is 2.57 bits per heavy atom. The molecule has 0 saturated heterocycles. The number of carbonyl (C=O) groups excluding carboxylic acids is 3. The van der Waals surface area contributed by atoms with Gasteiger partial charge in [-0.05, 0) is 44.3 Å². The molecule has 7 heteroatoms. The Labute approximate surface area is 184 Å². The van der Waals surface area contributed by atoms with Crippen LogP contribution >= 0.6 is 11.6 Å². The molecule has 0 aromatic rings. The molecule has 1 N–H and O–H groups in total. The number of aliphatic hydroxyl groups is 1. The van der Waals surface area contributed by atoms with Crippen LogP contribution in [0.1, 0.15) is 65.2 Å². The first-order valence-corrected chi connectivity index (χ1v) is 10.8. The minimum Gasteiger partial charge on any atom is -0.469 e. The average molecular weight is 441 g/mol. The van der Waals surface area contributed by atoms with Crippen molar-refractivity contribution >= 4 is 29.3 Å². The van der Waals surface area contributed by atoms with Gasteiger partial charge in [0, 0.05) is 13.3 Å². The molecule has 0 fully saturated rings. The van der Waals surface area contributed by atoms with Crippen LogP contribution in [0.3, 0.4) is 0 Å². The lowest BCUT2D eigenvalue weighted by Crippen LogP contribution is -2.44. The zero-order valence-corrected chi connectivity index (χ0v) is 18.8. The van der Waals surface area contributed by atoms with Gasteiger partial charge in [0.15, 0.2) is 5.78 Å². The number of esters is 2. The van der Waals surface area contributed by atoms with E-state index in [1.165, 1.54) is 20.1 Å². The number of hydrogen-bond acceptors (Lipinski definition) is 6. The average Bonchev–Trinajstić information content (AvgIpc) is 2.91. The zero-order chi connectivity index (χ0) is 22.6. The normalized spacial score (nSPS) is 22.5. The number of allylic oxidation sites excluding steroid dienone is 3. The van der Waals surface area contributed by atoms with Gasteiger partial charge < -0.3 is 14.6 Å². The molecule has 0 spiro atoms. The fraction of sp³-hybridized carbons (Fsp3) is 0.609. The summed E-state index contributed by atoms with van der Waals surface area (Å²) in [7, 11) is 1.33. The van der Waals surface area contributed by atoms with Crippen LogP contribution in [-0.4, -0.2) is 41.6 Å². The largest absolute Gasteiger partial charge is 0.469 e. The number of ketones is 1. The van der Waals surface area contributed by atoms with E-state index in [0.29, 0.717) is 12.8 Å². The minimum absolute atomic E-state index is 0.0573. The van der Waals surface area contributed by atoms with Crippen LogP contribution in [0.4, 0.5) is 0 Å². The highest BCUT2D eigenvalue weighted by Gasteiger charge is 2.50. The molecule has 0 saturated carbocycles. The highest BCUT2D eigenvalue weighted by Crippen LogP contribution is 2.39. The van der Waals surface area contributed by atoms with Crippen molar-refractivity contribution in [2.24, 2.45) is 5.92 Å². The first-order chi connectivity index (χ1) is 14.2. The second-order valence-corrected chi connectivity index (χ2v) is 7.87. The van der Waals surface area contributed by atoms with Crippen LogP contribution in [0.15, 0.2) is 35.4 Å². The number of Topliss-reactive ketones (excluding diaryl/α,β-unsaturated/α-hetero) is 1. The third kappa shape index (κ3) is 8.44. The SMILES string of the molecule is CCCCC/C=C\C[C@@]1(O)C=C(Cl)C(=O)[C@@H]1[C@H](/C=C\CCCC(=O)OC)OC(C)=O. The molecule has 0 aliphatic heterocycles. The molecular weight excluding hydrogens is 408 g/mol. The maximum absolute atomic E-state index is 12.7. The van der Waals surface area contributed by atoms with E-state index in [4.69, 9.17) is 16.3 Å². The van der Waals surface area contributed by atoms with Gasteiger partial charge in [0.2, 0.25) is 0 Å². The Balaban J connectivity index is 2.88. The predicted octanol–water partition coefficient (Wildman–Crippen LogP) is 4.40. The summed E-state index contributed by atoms with van der Waals surface area (Å²) >= 11 is 6.05. The molecule has 3 atom stereocenters. The molecular formula is C23H33ClO6. The highest BCUT2D eigenvalue weighted by atomic mass is 35.5. The van der Waals surface area contributed by atoms with Crippen molar-refractivity contribution in [3.63, 3.8) is 0 Å². The summed E-state index contributed by atoms with van der Waals surface area (Å²) < 4.78 is 9.94. The van der Waals surface area contributed by atoms with Crippen LogP contribution in [-0.2, 0) is 23.9 Å². The first-order valence-electron chi connectivity index (χ1n) is 10.5. The van der Waals surface area contributed by atoms with Crippen LogP contribution in [0, 0.1) is 5.92 Å². The van der Waals surface area contributed by atoms with Gasteiger partial charge in [-0.2, -0.15) is 0 Å². The number of hydrogen-bond donors (Lipinski definition) is 1. The number of rotatable bonds is 13. The van der Waals surface area contributed by atoms with E-state index in [2.05, 4.69) is 11.7 Å². The Morgan fingerprint density at radius 2 is 1.93 bits per heavy atom. The molecule has 1 aliphatic rings. The molecule has 1 aliphatic carbocycles. The monoisotopic (exact) mass is 440 g/mol. The van der Waals surface area contributed by atoms with Gasteiger partial charge in [0.25, 0.3) is 0 Å². The van der Waals surface area contributed by atoms with Gasteiger partial charge in [-0.3, -0.25) is 14.4 Å². The molecule has 0 bridgehead atoms. The quantitative estimate of drug-likeness (QED) is 0.259. The molecule has 6 nitrogen and oxygen atoms in total. The van der Waals surface area contributed by atoms with E-state index in [9.17, 15) is 19.5 Å². The van der Waals surface area contributed by atoms with Crippen LogP contribution in [0.25, 0.3) is 0 Å². The van der Waals surface area contributed by atoms with E-state index < -0.39 is 29.4 Å². The molecule has 168 valence electrons. The molecule has 0 amide bonds. The summed E-state index contributed by atoms with van der Waals surface area (Å²) in [4.78, 5) is 35.5. The third-order valence-corrected chi connectivity index (χ3v) is 5.25. The summed E-state index contributed by atoms with van der Waals surface area (Å²) in [6.07, 6.45) is 13.3. The van der Waals surface area contributed by atoms with E-state index in [0.717, 1.165) is 25.7 Å². The van der Waals surface area contributed by atoms with E-state index in [1.54, 1.807) is 12.2 Å². The summed E-state index contributed by atoms with van der Waals surface area (Å²) in [6, 6.07) is 0. The lowest BCUT2D eigenvalue weighted by molar-refractivity contribution is -0.152. The Bertz CT molecular complexity index is 681. The lowest BCUT2D eigenvalue weighted by Gasteiger charge is -2.31. The van der Waals surface area contributed by atoms with E-state index >= 15 is 0 Å². The minimum atomic E-state index is -1.54. The Hall–Kier alpha value is -1.92. The number of halogens is 1. The maximum atomic E-state index is 12.7. The molecule has 0 radical (unpaired) electrons. The number of ether oxygens (including phenoxy) is 2. The lowest BCUT2D eigenvalue weighted by atomic mass is 9.82. The molecule has 1 rings (SSSR count). The smallest absolute Gasteiger partial charge is 0.305 e. The molecule has 0 unspecified atom stereocenters. The fourth-order valence-corrected chi connectivity index (χ4v) is 3.69. The summed E-state index contributed by atoms with van der Waals surface area (Å²) in [5.41, 5.74) is -1.54. The van der Waals surface area contributed by atoms with Crippen molar-refractivity contribution in [3.8, 4) is 0 Å². The van der Waals surface area contributed by atoms with Crippen molar-refractivity contribution in [2.75, 3.05) is 7.11 Å². The standard InChI is InChI=1S/C23H33ClO6/c1-4-5-6-7-8-12-15-23(28)16-18(24)22(27)21(23)19(30-17(2)25)13-10-9-11-14-20(26)29-3/h8,10,12-13,16,19,21,28H,4-7,9,11,14-15H2,1-3H3/b12-8-,13-10-/t19-,21-,23+/m0/s1. The summed E-state index contributed by atoms with van der Waals surface area (Å²) in [5.74, 6) is -2.34. The topological polar surface area (TPSA) is 89.9 Å². The van der Waals surface area contributed by atoms with Gasteiger partial charge >= 0.3 is 11.9 Å². The van der Waals surface area contributed by atoms with Gasteiger partial charge in [0.1, 0.15) is 11.7 Å². The summed E-state index contributed by atoms with van der Waals surface area (Å²) in [6.45, 7) is 3.38. The van der Waals surface area contributed by atoms with Crippen LogP contribution < -0.4 is 0 Å². The van der Waals surface area contributed by atoms with Crippen molar-refractivity contribution in [2.45, 2.75) is 76.9 Å². The van der Waals surface area contributed by atoms with Crippen LogP contribution in [0.5, 0.6) is 0 Å². The van der Waals surface area contributed by atoms with Crippen molar-refractivity contribution in [3.05, 3.63) is 35.4 Å². The number of carbonyl (C=O) groups is 3. The molecule has 30 heavy (non-hydrogen) atoms. The fourth-order valence-electron chi connectivity index (χ4n) is 3.38. The second kappa shape index (κ2) is 13.4. The van der Waals surface area contributed by atoms with Gasteiger partial charge in [-0.1, -0.05) is 49.6 Å².